The maximum absolute atomic E-state index is 12.3. The minimum Gasteiger partial charge on any atom is -0.261 e. The predicted octanol–water partition coefficient (Wildman–Crippen LogP) is 3.85. The Hall–Kier alpha value is -2.37. The van der Waals surface area contributed by atoms with Gasteiger partial charge in [-0.15, -0.1) is 0 Å². The summed E-state index contributed by atoms with van der Waals surface area (Å²) in [5.74, 6) is 0.253. The standard InChI is InChI=1S/C14H12F3N3/c1-10-4-2-3-5-11(10)8-19-20-13-7-6-12(9-18-13)14(15,16)17/h2-9H,1H3,(H,18,20). The van der Waals surface area contributed by atoms with Gasteiger partial charge in [0.05, 0.1) is 11.8 Å². The molecule has 0 atom stereocenters. The molecule has 1 aromatic carbocycles. The highest BCUT2D eigenvalue weighted by atomic mass is 19.4. The largest absolute Gasteiger partial charge is 0.417 e. The topological polar surface area (TPSA) is 37.3 Å². The second-order valence-electron chi connectivity index (χ2n) is 4.16. The zero-order valence-corrected chi connectivity index (χ0v) is 10.6. The van der Waals surface area contributed by atoms with Crippen molar-refractivity contribution in [3.63, 3.8) is 0 Å². The molecule has 1 aromatic heterocycles. The fraction of sp³-hybridized carbons (Fsp3) is 0.143. The summed E-state index contributed by atoms with van der Waals surface area (Å²) in [6, 6.07) is 9.82. The van der Waals surface area contributed by atoms with Gasteiger partial charge in [-0.05, 0) is 30.2 Å². The molecule has 0 fully saturated rings. The molecule has 0 bridgehead atoms. The lowest BCUT2D eigenvalue weighted by molar-refractivity contribution is -0.137. The average Bonchev–Trinajstić information content (AvgIpc) is 2.40. The van der Waals surface area contributed by atoms with E-state index in [2.05, 4.69) is 15.5 Å². The van der Waals surface area contributed by atoms with Gasteiger partial charge in [-0.25, -0.2) is 4.98 Å². The molecule has 3 nitrogen and oxygen atoms in total. The number of hydrazone groups is 1. The molecule has 0 aliphatic heterocycles. The van der Waals surface area contributed by atoms with Crippen LogP contribution >= 0.6 is 0 Å². The highest BCUT2D eigenvalue weighted by Gasteiger charge is 2.30. The van der Waals surface area contributed by atoms with Crippen LogP contribution in [-0.4, -0.2) is 11.2 Å². The van der Waals surface area contributed by atoms with Crippen molar-refractivity contribution in [1.29, 1.82) is 0 Å². The molecule has 1 heterocycles. The third-order valence-electron chi connectivity index (χ3n) is 2.66. The zero-order valence-electron chi connectivity index (χ0n) is 10.6. The summed E-state index contributed by atoms with van der Waals surface area (Å²) >= 11 is 0. The molecule has 0 radical (unpaired) electrons. The predicted molar refractivity (Wildman–Crippen MR) is 71.6 cm³/mol. The Kier molecular flexibility index (Phi) is 4.02. The SMILES string of the molecule is Cc1ccccc1C=NNc1ccc(C(F)(F)F)cn1. The van der Waals surface area contributed by atoms with Crippen LogP contribution in [0.25, 0.3) is 0 Å². The van der Waals surface area contributed by atoms with Crippen molar-refractivity contribution in [2.45, 2.75) is 13.1 Å². The number of hydrogen-bond donors (Lipinski definition) is 1. The third-order valence-corrected chi connectivity index (χ3v) is 2.66. The first-order chi connectivity index (χ1) is 9.47. The summed E-state index contributed by atoms with van der Waals surface area (Å²) in [5.41, 5.74) is 3.78. The molecule has 2 aromatic rings. The van der Waals surface area contributed by atoms with Crippen molar-refractivity contribution in [3.05, 3.63) is 59.3 Å². The van der Waals surface area contributed by atoms with E-state index in [1.165, 1.54) is 6.07 Å². The first-order valence-electron chi connectivity index (χ1n) is 5.85. The fourth-order valence-electron chi connectivity index (χ4n) is 1.53. The number of anilines is 1. The van der Waals surface area contributed by atoms with Crippen LogP contribution in [-0.2, 0) is 6.18 Å². The highest BCUT2D eigenvalue weighted by Crippen LogP contribution is 2.28. The molecule has 0 aliphatic rings. The van der Waals surface area contributed by atoms with Crippen LogP contribution in [0.4, 0.5) is 19.0 Å². The number of aryl methyl sites for hydroxylation is 1. The summed E-state index contributed by atoms with van der Waals surface area (Å²) in [4.78, 5) is 3.65. The van der Waals surface area contributed by atoms with Crippen LogP contribution in [0.5, 0.6) is 0 Å². The van der Waals surface area contributed by atoms with E-state index in [1.54, 1.807) is 6.21 Å². The Balaban J connectivity index is 2.03. The molecule has 0 unspecified atom stereocenters. The first-order valence-corrected chi connectivity index (χ1v) is 5.85. The van der Waals surface area contributed by atoms with Crippen molar-refractivity contribution in [2.24, 2.45) is 5.10 Å². The zero-order chi connectivity index (χ0) is 14.6. The summed E-state index contributed by atoms with van der Waals surface area (Å²) in [6.45, 7) is 1.94. The Morgan fingerprint density at radius 2 is 1.90 bits per heavy atom. The van der Waals surface area contributed by atoms with E-state index >= 15 is 0 Å². The lowest BCUT2D eigenvalue weighted by Crippen LogP contribution is -2.05. The van der Waals surface area contributed by atoms with Crippen molar-refractivity contribution < 1.29 is 13.2 Å². The van der Waals surface area contributed by atoms with Gasteiger partial charge in [-0.1, -0.05) is 24.3 Å². The Labute approximate surface area is 114 Å². The summed E-state index contributed by atoms with van der Waals surface area (Å²) < 4.78 is 37.0. The molecule has 6 heteroatoms. The monoisotopic (exact) mass is 279 g/mol. The molecule has 2 rings (SSSR count). The van der Waals surface area contributed by atoms with Crippen LogP contribution in [0.1, 0.15) is 16.7 Å². The molecular weight excluding hydrogens is 267 g/mol. The number of pyridine rings is 1. The van der Waals surface area contributed by atoms with Crippen molar-refractivity contribution in [1.82, 2.24) is 4.98 Å². The maximum Gasteiger partial charge on any atom is 0.417 e. The first kappa shape index (κ1) is 14.0. The molecule has 0 saturated carbocycles. The van der Waals surface area contributed by atoms with E-state index in [1.807, 2.05) is 31.2 Å². The molecule has 0 aliphatic carbocycles. The third kappa shape index (κ3) is 3.57. The lowest BCUT2D eigenvalue weighted by atomic mass is 10.1. The smallest absolute Gasteiger partial charge is 0.261 e. The average molecular weight is 279 g/mol. The van der Waals surface area contributed by atoms with E-state index in [0.29, 0.717) is 0 Å². The second-order valence-corrected chi connectivity index (χ2v) is 4.16. The molecule has 1 N–H and O–H groups in total. The normalized spacial score (nSPS) is 11.8. The van der Waals surface area contributed by atoms with Gasteiger partial charge >= 0.3 is 6.18 Å². The van der Waals surface area contributed by atoms with Gasteiger partial charge in [0.2, 0.25) is 0 Å². The summed E-state index contributed by atoms with van der Waals surface area (Å²) in [5, 5.41) is 3.95. The minimum atomic E-state index is -4.38. The molecule has 0 amide bonds. The fourth-order valence-corrected chi connectivity index (χ4v) is 1.53. The maximum atomic E-state index is 12.3. The number of alkyl halides is 3. The van der Waals surface area contributed by atoms with Gasteiger partial charge < -0.3 is 0 Å². The van der Waals surface area contributed by atoms with E-state index in [4.69, 9.17) is 0 Å². The van der Waals surface area contributed by atoms with Crippen LogP contribution < -0.4 is 5.43 Å². The Morgan fingerprint density at radius 1 is 1.15 bits per heavy atom. The van der Waals surface area contributed by atoms with Crippen molar-refractivity contribution in [3.8, 4) is 0 Å². The summed E-state index contributed by atoms with van der Waals surface area (Å²) in [6.07, 6.45) is -2.02. The van der Waals surface area contributed by atoms with Gasteiger partial charge in [-0.2, -0.15) is 18.3 Å². The quantitative estimate of drug-likeness (QED) is 0.684. The van der Waals surface area contributed by atoms with E-state index in [0.717, 1.165) is 23.4 Å². The summed E-state index contributed by atoms with van der Waals surface area (Å²) in [7, 11) is 0. The lowest BCUT2D eigenvalue weighted by Gasteiger charge is -2.06. The minimum absolute atomic E-state index is 0.253. The van der Waals surface area contributed by atoms with Crippen molar-refractivity contribution >= 4 is 12.0 Å². The Morgan fingerprint density at radius 3 is 2.50 bits per heavy atom. The van der Waals surface area contributed by atoms with E-state index in [9.17, 15) is 13.2 Å². The van der Waals surface area contributed by atoms with Gasteiger partial charge in [0.15, 0.2) is 0 Å². The molecule has 0 spiro atoms. The number of hydrogen-bond acceptors (Lipinski definition) is 3. The second kappa shape index (κ2) is 5.73. The number of rotatable bonds is 3. The van der Waals surface area contributed by atoms with Gasteiger partial charge in [0, 0.05) is 6.20 Å². The Bertz CT molecular complexity index is 604. The number of aromatic nitrogens is 1. The van der Waals surface area contributed by atoms with Crippen LogP contribution in [0.15, 0.2) is 47.7 Å². The molecule has 20 heavy (non-hydrogen) atoms. The highest BCUT2D eigenvalue weighted by molar-refractivity contribution is 5.81. The van der Waals surface area contributed by atoms with E-state index in [-0.39, 0.29) is 5.82 Å². The van der Waals surface area contributed by atoms with Crippen LogP contribution in [0.3, 0.4) is 0 Å². The van der Waals surface area contributed by atoms with Crippen LogP contribution in [0, 0.1) is 6.92 Å². The molecule has 0 saturated heterocycles. The van der Waals surface area contributed by atoms with Gasteiger partial charge in [-0.3, -0.25) is 5.43 Å². The van der Waals surface area contributed by atoms with Gasteiger partial charge in [0.25, 0.3) is 0 Å². The van der Waals surface area contributed by atoms with Crippen molar-refractivity contribution in [2.75, 3.05) is 5.43 Å². The van der Waals surface area contributed by atoms with Crippen LogP contribution in [0.2, 0.25) is 0 Å². The van der Waals surface area contributed by atoms with E-state index < -0.39 is 11.7 Å². The number of nitrogens with zero attached hydrogens (tertiary/aromatic N) is 2. The molecular formula is C14H12F3N3. The number of halogens is 3. The number of nitrogens with one attached hydrogen (secondary N) is 1. The van der Waals surface area contributed by atoms with Gasteiger partial charge in [0.1, 0.15) is 5.82 Å². The molecule has 104 valence electrons. The number of benzene rings is 1.